The van der Waals surface area contributed by atoms with E-state index in [0.29, 0.717) is 11.3 Å². The summed E-state index contributed by atoms with van der Waals surface area (Å²) >= 11 is 0. The molecule has 0 bridgehead atoms. The van der Waals surface area contributed by atoms with E-state index in [-0.39, 0.29) is 24.0 Å². The van der Waals surface area contributed by atoms with Crippen LogP contribution in [-0.2, 0) is 9.53 Å². The highest BCUT2D eigenvalue weighted by Gasteiger charge is 2.23. The Balaban J connectivity index is 1.93. The molecule has 0 saturated carbocycles. The molecular formula is C15H20N2O3. The molecular weight excluding hydrogens is 256 g/mol. The Morgan fingerprint density at radius 1 is 1.30 bits per heavy atom. The summed E-state index contributed by atoms with van der Waals surface area (Å²) in [6, 6.07) is 6.83. The van der Waals surface area contributed by atoms with E-state index in [0.717, 1.165) is 19.4 Å². The summed E-state index contributed by atoms with van der Waals surface area (Å²) in [5.41, 5.74) is 1.25. The van der Waals surface area contributed by atoms with E-state index in [1.165, 1.54) is 6.92 Å². The zero-order valence-electron chi connectivity index (χ0n) is 11.8. The third-order valence-electron chi connectivity index (χ3n) is 3.35. The molecule has 5 heteroatoms. The first-order chi connectivity index (χ1) is 9.56. The first-order valence-corrected chi connectivity index (χ1v) is 6.86. The summed E-state index contributed by atoms with van der Waals surface area (Å²) in [4.78, 5) is 23.0. The van der Waals surface area contributed by atoms with E-state index < -0.39 is 0 Å². The largest absolute Gasteiger partial charge is 0.376 e. The van der Waals surface area contributed by atoms with Gasteiger partial charge in [0.25, 0.3) is 5.91 Å². The Bertz CT molecular complexity index is 478. The lowest BCUT2D eigenvalue weighted by atomic mass is 10.1. The van der Waals surface area contributed by atoms with Crippen molar-refractivity contribution in [3.63, 3.8) is 0 Å². The topological polar surface area (TPSA) is 67.4 Å². The van der Waals surface area contributed by atoms with Gasteiger partial charge in [0.15, 0.2) is 0 Å². The van der Waals surface area contributed by atoms with Crippen molar-refractivity contribution in [3.8, 4) is 0 Å². The number of hydrogen-bond acceptors (Lipinski definition) is 3. The van der Waals surface area contributed by atoms with Gasteiger partial charge in [-0.1, -0.05) is 0 Å². The van der Waals surface area contributed by atoms with Gasteiger partial charge in [-0.15, -0.1) is 0 Å². The second-order valence-electron chi connectivity index (χ2n) is 5.07. The van der Waals surface area contributed by atoms with Crippen LogP contribution in [0.2, 0.25) is 0 Å². The van der Waals surface area contributed by atoms with E-state index in [1.807, 2.05) is 6.92 Å². The quantitative estimate of drug-likeness (QED) is 0.883. The zero-order valence-corrected chi connectivity index (χ0v) is 11.8. The number of anilines is 1. The molecule has 5 nitrogen and oxygen atoms in total. The molecule has 2 N–H and O–H groups in total. The van der Waals surface area contributed by atoms with Gasteiger partial charge in [0.1, 0.15) is 0 Å². The molecule has 1 aromatic rings. The van der Waals surface area contributed by atoms with Gasteiger partial charge in [0.05, 0.1) is 12.1 Å². The van der Waals surface area contributed by atoms with Crippen molar-refractivity contribution in [1.29, 1.82) is 0 Å². The molecule has 1 aromatic carbocycles. The molecule has 1 aliphatic heterocycles. The van der Waals surface area contributed by atoms with Crippen LogP contribution in [0.3, 0.4) is 0 Å². The number of nitrogens with one attached hydrogen (secondary N) is 2. The fraction of sp³-hybridized carbons (Fsp3) is 0.467. The molecule has 2 rings (SSSR count). The molecule has 1 heterocycles. The summed E-state index contributed by atoms with van der Waals surface area (Å²) in [6.07, 6.45) is 2.15. The van der Waals surface area contributed by atoms with Gasteiger partial charge in [-0.05, 0) is 44.0 Å². The molecule has 0 spiro atoms. The molecule has 1 saturated heterocycles. The number of benzene rings is 1. The fourth-order valence-corrected chi connectivity index (χ4v) is 2.29. The Kier molecular flexibility index (Phi) is 4.74. The van der Waals surface area contributed by atoms with Gasteiger partial charge in [-0.2, -0.15) is 0 Å². The maximum Gasteiger partial charge on any atom is 0.251 e. The highest BCUT2D eigenvalue weighted by Crippen LogP contribution is 2.16. The lowest BCUT2D eigenvalue weighted by molar-refractivity contribution is -0.114. The molecule has 2 amide bonds. The highest BCUT2D eigenvalue weighted by molar-refractivity contribution is 5.95. The average molecular weight is 276 g/mol. The SMILES string of the molecule is CC(=O)Nc1ccc(C(=O)N[C@H](C)[C@@H]2CCCO2)cc1. The monoisotopic (exact) mass is 276 g/mol. The van der Waals surface area contributed by atoms with E-state index in [1.54, 1.807) is 24.3 Å². The number of hydrogen-bond donors (Lipinski definition) is 2. The third-order valence-corrected chi connectivity index (χ3v) is 3.35. The Morgan fingerprint density at radius 3 is 2.55 bits per heavy atom. The smallest absolute Gasteiger partial charge is 0.251 e. The molecule has 0 unspecified atom stereocenters. The van der Waals surface area contributed by atoms with Crippen molar-refractivity contribution in [2.75, 3.05) is 11.9 Å². The van der Waals surface area contributed by atoms with Crippen LogP contribution in [0, 0.1) is 0 Å². The fourth-order valence-electron chi connectivity index (χ4n) is 2.29. The summed E-state index contributed by atoms with van der Waals surface area (Å²) < 4.78 is 5.55. The Labute approximate surface area is 118 Å². The molecule has 0 radical (unpaired) electrons. The molecule has 1 aliphatic rings. The van der Waals surface area contributed by atoms with E-state index >= 15 is 0 Å². The second kappa shape index (κ2) is 6.52. The van der Waals surface area contributed by atoms with Gasteiger partial charge in [-0.25, -0.2) is 0 Å². The van der Waals surface area contributed by atoms with Gasteiger partial charge < -0.3 is 15.4 Å². The van der Waals surface area contributed by atoms with Crippen molar-refractivity contribution in [2.24, 2.45) is 0 Å². The molecule has 2 atom stereocenters. The number of carbonyl (C=O) groups is 2. The van der Waals surface area contributed by atoms with Gasteiger partial charge in [0, 0.05) is 24.8 Å². The normalized spacial score (nSPS) is 19.4. The molecule has 20 heavy (non-hydrogen) atoms. The van der Waals surface area contributed by atoms with E-state index in [4.69, 9.17) is 4.74 Å². The average Bonchev–Trinajstić information content (AvgIpc) is 2.92. The van der Waals surface area contributed by atoms with Crippen LogP contribution in [0.4, 0.5) is 5.69 Å². The van der Waals surface area contributed by atoms with Gasteiger partial charge in [0.2, 0.25) is 5.91 Å². The van der Waals surface area contributed by atoms with Crippen LogP contribution < -0.4 is 10.6 Å². The van der Waals surface area contributed by atoms with Crippen LogP contribution in [0.5, 0.6) is 0 Å². The van der Waals surface area contributed by atoms with Crippen molar-refractivity contribution >= 4 is 17.5 Å². The Morgan fingerprint density at radius 2 is 2.00 bits per heavy atom. The minimum atomic E-state index is -0.130. The lowest BCUT2D eigenvalue weighted by Crippen LogP contribution is -2.40. The van der Waals surface area contributed by atoms with Gasteiger partial charge in [-0.3, -0.25) is 9.59 Å². The van der Waals surface area contributed by atoms with Crippen LogP contribution in [-0.4, -0.2) is 30.6 Å². The zero-order chi connectivity index (χ0) is 14.5. The first kappa shape index (κ1) is 14.5. The van der Waals surface area contributed by atoms with Gasteiger partial charge >= 0.3 is 0 Å². The van der Waals surface area contributed by atoms with Crippen molar-refractivity contribution in [1.82, 2.24) is 5.32 Å². The minimum Gasteiger partial charge on any atom is -0.376 e. The predicted octanol–water partition coefficient (Wildman–Crippen LogP) is 1.94. The number of rotatable bonds is 4. The van der Waals surface area contributed by atoms with Crippen molar-refractivity contribution in [2.45, 2.75) is 38.8 Å². The van der Waals surface area contributed by atoms with Crippen molar-refractivity contribution < 1.29 is 14.3 Å². The maximum atomic E-state index is 12.1. The van der Waals surface area contributed by atoms with Crippen LogP contribution in [0.1, 0.15) is 37.0 Å². The van der Waals surface area contributed by atoms with E-state index in [9.17, 15) is 9.59 Å². The van der Waals surface area contributed by atoms with Crippen LogP contribution in [0.15, 0.2) is 24.3 Å². The van der Waals surface area contributed by atoms with Crippen molar-refractivity contribution in [3.05, 3.63) is 29.8 Å². The van der Waals surface area contributed by atoms with E-state index in [2.05, 4.69) is 10.6 Å². The first-order valence-electron chi connectivity index (χ1n) is 6.86. The number of carbonyl (C=O) groups excluding carboxylic acids is 2. The van der Waals surface area contributed by atoms with Crippen LogP contribution >= 0.6 is 0 Å². The summed E-state index contributed by atoms with van der Waals surface area (Å²) in [6.45, 7) is 4.18. The summed E-state index contributed by atoms with van der Waals surface area (Å²) in [5.74, 6) is -0.253. The molecule has 0 aliphatic carbocycles. The number of ether oxygens (including phenoxy) is 1. The van der Waals surface area contributed by atoms with Crippen LogP contribution in [0.25, 0.3) is 0 Å². The number of amides is 2. The molecule has 108 valence electrons. The Hall–Kier alpha value is -1.88. The summed E-state index contributed by atoms with van der Waals surface area (Å²) in [7, 11) is 0. The standard InChI is InChI=1S/C15H20N2O3/c1-10(14-4-3-9-20-14)16-15(19)12-5-7-13(8-6-12)17-11(2)18/h5-8,10,14H,3-4,9H2,1-2H3,(H,16,19)(H,17,18)/t10-,14+/m1/s1. The predicted molar refractivity (Wildman–Crippen MR) is 76.6 cm³/mol. The molecule has 1 fully saturated rings. The third kappa shape index (κ3) is 3.81. The highest BCUT2D eigenvalue weighted by atomic mass is 16.5. The minimum absolute atomic E-state index is 0.0000196. The molecule has 0 aromatic heterocycles. The maximum absolute atomic E-state index is 12.1. The summed E-state index contributed by atoms with van der Waals surface area (Å²) in [5, 5.41) is 5.61. The second-order valence-corrected chi connectivity index (χ2v) is 5.07. The lowest BCUT2D eigenvalue weighted by Gasteiger charge is -2.20.